The lowest BCUT2D eigenvalue weighted by atomic mass is 10.2. The predicted octanol–water partition coefficient (Wildman–Crippen LogP) is 4.64. The SMILES string of the molecule is Clc1cccc(COOCc2cccc(Cl)c2)c1. The molecule has 0 unspecified atom stereocenters. The minimum absolute atomic E-state index is 0.362. The van der Waals surface area contributed by atoms with Crippen LogP contribution in [0.5, 0.6) is 0 Å². The van der Waals surface area contributed by atoms with Crippen LogP contribution in [0.2, 0.25) is 10.0 Å². The highest BCUT2D eigenvalue weighted by Gasteiger charge is 1.97. The van der Waals surface area contributed by atoms with E-state index in [1.165, 1.54) is 0 Å². The van der Waals surface area contributed by atoms with Crippen LogP contribution in [0.3, 0.4) is 0 Å². The van der Waals surface area contributed by atoms with Crippen LogP contribution in [0, 0.1) is 0 Å². The van der Waals surface area contributed by atoms with Crippen molar-refractivity contribution in [3.05, 3.63) is 69.7 Å². The molecule has 0 atom stereocenters. The second-order valence-electron chi connectivity index (χ2n) is 3.78. The maximum atomic E-state index is 5.86. The molecule has 0 aliphatic carbocycles. The molecule has 2 nitrogen and oxygen atoms in total. The maximum absolute atomic E-state index is 5.86. The molecule has 0 saturated carbocycles. The van der Waals surface area contributed by atoms with Gasteiger partial charge in [-0.2, -0.15) is 0 Å². The molecule has 2 aromatic carbocycles. The molecule has 0 bridgehead atoms. The number of rotatable bonds is 5. The van der Waals surface area contributed by atoms with Crippen molar-refractivity contribution in [1.82, 2.24) is 0 Å². The first-order valence-electron chi connectivity index (χ1n) is 5.47. The van der Waals surface area contributed by atoms with Crippen LogP contribution in [-0.2, 0) is 23.0 Å². The Balaban J connectivity index is 1.76. The molecule has 0 amide bonds. The molecule has 0 N–H and O–H groups in total. The van der Waals surface area contributed by atoms with Gasteiger partial charge in [0.05, 0.1) is 0 Å². The van der Waals surface area contributed by atoms with E-state index in [1.807, 2.05) is 48.5 Å². The summed E-state index contributed by atoms with van der Waals surface area (Å²) < 4.78 is 0. The molecule has 0 radical (unpaired) electrons. The average Bonchev–Trinajstić information content (AvgIpc) is 2.35. The smallest absolute Gasteiger partial charge is 0.107 e. The summed E-state index contributed by atoms with van der Waals surface area (Å²) in [7, 11) is 0. The standard InChI is InChI=1S/C14H12Cl2O2/c15-13-5-1-3-11(7-13)9-17-18-10-12-4-2-6-14(16)8-12/h1-8H,9-10H2. The molecule has 4 heteroatoms. The van der Waals surface area contributed by atoms with E-state index in [4.69, 9.17) is 33.0 Å². The van der Waals surface area contributed by atoms with Gasteiger partial charge in [-0.15, -0.1) is 0 Å². The molecule has 0 spiro atoms. The van der Waals surface area contributed by atoms with Crippen molar-refractivity contribution in [2.75, 3.05) is 0 Å². The Morgan fingerprint density at radius 2 is 1.17 bits per heavy atom. The highest BCUT2D eigenvalue weighted by Crippen LogP contribution is 2.13. The van der Waals surface area contributed by atoms with Crippen molar-refractivity contribution in [3.63, 3.8) is 0 Å². The summed E-state index contributed by atoms with van der Waals surface area (Å²) in [6, 6.07) is 14.9. The van der Waals surface area contributed by atoms with E-state index in [1.54, 1.807) is 0 Å². The molecule has 0 aliphatic rings. The fraction of sp³-hybridized carbons (Fsp3) is 0.143. The van der Waals surface area contributed by atoms with Crippen LogP contribution in [0.1, 0.15) is 11.1 Å². The van der Waals surface area contributed by atoms with Gasteiger partial charge in [-0.05, 0) is 35.4 Å². The van der Waals surface area contributed by atoms with Crippen LogP contribution in [0.4, 0.5) is 0 Å². The number of hydrogen-bond donors (Lipinski definition) is 0. The Morgan fingerprint density at radius 1 is 0.722 bits per heavy atom. The Kier molecular flexibility index (Phi) is 5.02. The molecule has 0 aromatic heterocycles. The van der Waals surface area contributed by atoms with Gasteiger partial charge in [0.1, 0.15) is 13.2 Å². The summed E-state index contributed by atoms with van der Waals surface area (Å²) in [5, 5.41) is 1.37. The van der Waals surface area contributed by atoms with E-state index < -0.39 is 0 Å². The van der Waals surface area contributed by atoms with Gasteiger partial charge in [0.15, 0.2) is 0 Å². The van der Waals surface area contributed by atoms with Crippen LogP contribution >= 0.6 is 23.2 Å². The Morgan fingerprint density at radius 3 is 1.56 bits per heavy atom. The second kappa shape index (κ2) is 6.76. The van der Waals surface area contributed by atoms with E-state index in [0.29, 0.717) is 23.3 Å². The first-order valence-corrected chi connectivity index (χ1v) is 6.23. The predicted molar refractivity (Wildman–Crippen MR) is 72.5 cm³/mol. The summed E-state index contributed by atoms with van der Waals surface area (Å²) in [6.45, 7) is 0.724. The van der Waals surface area contributed by atoms with Crippen molar-refractivity contribution < 1.29 is 9.78 Å². The van der Waals surface area contributed by atoms with Crippen molar-refractivity contribution in [2.45, 2.75) is 13.2 Å². The summed E-state index contributed by atoms with van der Waals surface area (Å²) >= 11 is 11.7. The van der Waals surface area contributed by atoms with Gasteiger partial charge in [0.2, 0.25) is 0 Å². The number of hydrogen-bond acceptors (Lipinski definition) is 2. The Hall–Kier alpha value is -1.06. The molecular weight excluding hydrogens is 271 g/mol. The molecule has 2 rings (SSSR count). The average molecular weight is 283 g/mol. The summed E-state index contributed by atoms with van der Waals surface area (Å²) in [5.41, 5.74) is 1.93. The van der Waals surface area contributed by atoms with Gasteiger partial charge in [-0.1, -0.05) is 47.5 Å². The Bertz CT molecular complexity index is 467. The molecule has 0 aliphatic heterocycles. The van der Waals surface area contributed by atoms with E-state index in [2.05, 4.69) is 0 Å². The molecular formula is C14H12Cl2O2. The fourth-order valence-electron chi connectivity index (χ4n) is 1.47. The van der Waals surface area contributed by atoms with Crippen molar-refractivity contribution in [3.8, 4) is 0 Å². The third-order valence-corrected chi connectivity index (χ3v) is 2.78. The number of benzene rings is 2. The normalized spacial score (nSPS) is 10.6. The van der Waals surface area contributed by atoms with Crippen LogP contribution in [-0.4, -0.2) is 0 Å². The highest BCUT2D eigenvalue weighted by molar-refractivity contribution is 6.30. The maximum Gasteiger partial charge on any atom is 0.107 e. The fourth-order valence-corrected chi connectivity index (χ4v) is 1.90. The zero-order valence-corrected chi connectivity index (χ0v) is 11.1. The lowest BCUT2D eigenvalue weighted by molar-refractivity contribution is -0.313. The van der Waals surface area contributed by atoms with Gasteiger partial charge in [-0.25, -0.2) is 9.78 Å². The first kappa shape index (κ1) is 13.4. The lowest BCUT2D eigenvalue weighted by Crippen LogP contribution is -1.96. The summed E-state index contributed by atoms with van der Waals surface area (Å²) in [5.74, 6) is 0. The number of halogens is 2. The van der Waals surface area contributed by atoms with Gasteiger partial charge in [0, 0.05) is 10.0 Å². The highest BCUT2D eigenvalue weighted by atomic mass is 35.5. The van der Waals surface area contributed by atoms with E-state index in [0.717, 1.165) is 11.1 Å². The summed E-state index contributed by atoms with van der Waals surface area (Å²) in [4.78, 5) is 10.2. The molecule has 0 heterocycles. The summed E-state index contributed by atoms with van der Waals surface area (Å²) in [6.07, 6.45) is 0. The first-order chi connectivity index (χ1) is 8.74. The molecule has 0 saturated heterocycles. The van der Waals surface area contributed by atoms with E-state index in [-0.39, 0.29) is 0 Å². The van der Waals surface area contributed by atoms with Crippen molar-refractivity contribution in [2.24, 2.45) is 0 Å². The van der Waals surface area contributed by atoms with Crippen LogP contribution in [0.25, 0.3) is 0 Å². The zero-order chi connectivity index (χ0) is 12.8. The van der Waals surface area contributed by atoms with Gasteiger partial charge in [-0.3, -0.25) is 0 Å². The van der Waals surface area contributed by atoms with E-state index in [9.17, 15) is 0 Å². The topological polar surface area (TPSA) is 18.5 Å². The third-order valence-electron chi connectivity index (χ3n) is 2.31. The molecule has 18 heavy (non-hydrogen) atoms. The van der Waals surface area contributed by atoms with Crippen molar-refractivity contribution in [1.29, 1.82) is 0 Å². The minimum Gasteiger partial charge on any atom is -0.232 e. The van der Waals surface area contributed by atoms with Gasteiger partial charge >= 0.3 is 0 Å². The molecule has 2 aromatic rings. The van der Waals surface area contributed by atoms with E-state index >= 15 is 0 Å². The van der Waals surface area contributed by atoms with Gasteiger partial charge in [0.25, 0.3) is 0 Å². The van der Waals surface area contributed by atoms with Crippen LogP contribution < -0.4 is 0 Å². The van der Waals surface area contributed by atoms with Crippen molar-refractivity contribution >= 4 is 23.2 Å². The zero-order valence-electron chi connectivity index (χ0n) is 9.61. The van der Waals surface area contributed by atoms with Gasteiger partial charge < -0.3 is 0 Å². The minimum atomic E-state index is 0.362. The molecule has 0 fully saturated rings. The third kappa shape index (κ3) is 4.31. The quantitative estimate of drug-likeness (QED) is 0.452. The second-order valence-corrected chi connectivity index (χ2v) is 4.66. The lowest BCUT2D eigenvalue weighted by Gasteiger charge is -2.05. The molecule has 94 valence electrons. The largest absolute Gasteiger partial charge is 0.232 e. The Labute approximate surface area is 116 Å². The van der Waals surface area contributed by atoms with Crippen LogP contribution in [0.15, 0.2) is 48.5 Å². The monoisotopic (exact) mass is 282 g/mol.